The highest BCUT2D eigenvalue weighted by molar-refractivity contribution is 5.70. The number of methoxy groups -OCH3 is 1. The van der Waals surface area contributed by atoms with Gasteiger partial charge in [-0.2, -0.15) is 0 Å². The van der Waals surface area contributed by atoms with Crippen LogP contribution in [0.3, 0.4) is 0 Å². The lowest BCUT2D eigenvalue weighted by Gasteiger charge is -2.39. The van der Waals surface area contributed by atoms with Crippen LogP contribution < -0.4 is 9.64 Å². The van der Waals surface area contributed by atoms with Crippen molar-refractivity contribution in [3.05, 3.63) is 89.5 Å². The van der Waals surface area contributed by atoms with Crippen LogP contribution in [0.5, 0.6) is 5.75 Å². The largest absolute Gasteiger partial charge is 0.497 e. The lowest BCUT2D eigenvalue weighted by molar-refractivity contribution is 0.415. The number of para-hydroxylation sites is 1. The fraction of sp³-hybridized carbons (Fsp3) is 0.217. The number of aryl methyl sites for hydroxylation is 2. The SMILES string of the molecule is COc1ccc(N2c3ccccc3CCC2c2ccc(C)cc2)cc1. The molecular formula is C23H23NO. The van der Waals surface area contributed by atoms with Gasteiger partial charge in [-0.3, -0.25) is 0 Å². The zero-order valence-electron chi connectivity index (χ0n) is 14.8. The number of hydrogen-bond donors (Lipinski definition) is 0. The standard InChI is InChI=1S/C23H23NO/c1-17-7-9-19(10-8-17)23-16-11-18-5-3-4-6-22(18)24(23)20-12-14-21(25-2)15-13-20/h3-10,12-15,23H,11,16H2,1-2H3. The Morgan fingerprint density at radius 3 is 2.32 bits per heavy atom. The van der Waals surface area contributed by atoms with Crippen molar-refractivity contribution in [1.82, 2.24) is 0 Å². The minimum absolute atomic E-state index is 0.351. The molecule has 2 nitrogen and oxygen atoms in total. The molecule has 1 aliphatic rings. The molecule has 126 valence electrons. The van der Waals surface area contributed by atoms with Crippen LogP contribution in [0.1, 0.15) is 29.2 Å². The molecule has 0 saturated carbocycles. The van der Waals surface area contributed by atoms with Crippen molar-refractivity contribution in [3.63, 3.8) is 0 Å². The summed E-state index contributed by atoms with van der Waals surface area (Å²) in [5, 5.41) is 0. The van der Waals surface area contributed by atoms with Gasteiger partial charge in [0.15, 0.2) is 0 Å². The third kappa shape index (κ3) is 3.00. The quantitative estimate of drug-likeness (QED) is 0.599. The molecule has 0 amide bonds. The van der Waals surface area contributed by atoms with Gasteiger partial charge in [-0.25, -0.2) is 0 Å². The summed E-state index contributed by atoms with van der Waals surface area (Å²) in [6, 6.07) is 26.5. The summed E-state index contributed by atoms with van der Waals surface area (Å²) in [5.74, 6) is 0.890. The Morgan fingerprint density at radius 1 is 0.880 bits per heavy atom. The van der Waals surface area contributed by atoms with Crippen LogP contribution in [0.4, 0.5) is 11.4 Å². The molecule has 0 spiro atoms. The van der Waals surface area contributed by atoms with Crippen molar-refractivity contribution in [3.8, 4) is 5.75 Å². The van der Waals surface area contributed by atoms with Crippen LogP contribution in [0.2, 0.25) is 0 Å². The molecule has 1 aliphatic heterocycles. The second kappa shape index (κ2) is 6.64. The van der Waals surface area contributed by atoms with Gasteiger partial charge in [-0.1, -0.05) is 48.0 Å². The molecular weight excluding hydrogens is 306 g/mol. The van der Waals surface area contributed by atoms with E-state index in [1.807, 2.05) is 12.1 Å². The van der Waals surface area contributed by atoms with Crippen molar-refractivity contribution in [1.29, 1.82) is 0 Å². The Hall–Kier alpha value is -2.74. The Kier molecular flexibility index (Phi) is 4.19. The number of anilines is 2. The highest BCUT2D eigenvalue weighted by atomic mass is 16.5. The van der Waals surface area contributed by atoms with E-state index in [9.17, 15) is 0 Å². The Morgan fingerprint density at radius 2 is 1.60 bits per heavy atom. The molecule has 3 aromatic rings. The topological polar surface area (TPSA) is 12.5 Å². The second-order valence-electron chi connectivity index (χ2n) is 6.66. The van der Waals surface area contributed by atoms with Crippen molar-refractivity contribution in [2.24, 2.45) is 0 Å². The predicted octanol–water partition coefficient (Wildman–Crippen LogP) is 5.83. The van der Waals surface area contributed by atoms with Crippen LogP contribution in [-0.2, 0) is 6.42 Å². The molecule has 4 rings (SSSR count). The maximum absolute atomic E-state index is 5.33. The summed E-state index contributed by atoms with van der Waals surface area (Å²) in [7, 11) is 1.71. The van der Waals surface area contributed by atoms with E-state index in [1.54, 1.807) is 7.11 Å². The first-order chi connectivity index (χ1) is 12.3. The molecule has 1 atom stereocenters. The zero-order valence-corrected chi connectivity index (χ0v) is 14.8. The molecule has 2 heteroatoms. The molecule has 0 aliphatic carbocycles. The van der Waals surface area contributed by atoms with E-state index in [-0.39, 0.29) is 0 Å². The van der Waals surface area contributed by atoms with Gasteiger partial charge in [0.25, 0.3) is 0 Å². The van der Waals surface area contributed by atoms with E-state index in [4.69, 9.17) is 4.74 Å². The van der Waals surface area contributed by atoms with Gasteiger partial charge in [0, 0.05) is 11.4 Å². The van der Waals surface area contributed by atoms with E-state index in [2.05, 4.69) is 72.5 Å². The van der Waals surface area contributed by atoms with Crippen LogP contribution in [0.15, 0.2) is 72.8 Å². The first-order valence-corrected chi connectivity index (χ1v) is 8.84. The fourth-order valence-corrected chi connectivity index (χ4v) is 3.71. The number of rotatable bonds is 3. The zero-order chi connectivity index (χ0) is 17.2. The smallest absolute Gasteiger partial charge is 0.119 e. The van der Waals surface area contributed by atoms with Crippen molar-refractivity contribution < 1.29 is 4.74 Å². The van der Waals surface area contributed by atoms with Gasteiger partial charge < -0.3 is 9.64 Å². The molecule has 1 heterocycles. The third-order valence-corrected chi connectivity index (χ3v) is 5.06. The molecule has 3 aromatic carbocycles. The summed E-state index contributed by atoms with van der Waals surface area (Å²) in [5.41, 5.74) is 6.61. The summed E-state index contributed by atoms with van der Waals surface area (Å²) in [6.45, 7) is 2.14. The molecule has 0 radical (unpaired) electrons. The molecule has 0 N–H and O–H groups in total. The molecule has 0 bridgehead atoms. The van der Waals surface area contributed by atoms with E-state index in [1.165, 1.54) is 28.1 Å². The lowest BCUT2D eigenvalue weighted by atomic mass is 9.90. The summed E-state index contributed by atoms with van der Waals surface area (Å²) >= 11 is 0. The van der Waals surface area contributed by atoms with Gasteiger partial charge in [0.1, 0.15) is 5.75 Å². The van der Waals surface area contributed by atoms with Crippen LogP contribution in [-0.4, -0.2) is 7.11 Å². The van der Waals surface area contributed by atoms with Crippen LogP contribution in [0.25, 0.3) is 0 Å². The molecule has 1 unspecified atom stereocenters. The number of hydrogen-bond acceptors (Lipinski definition) is 2. The molecule has 0 saturated heterocycles. The van der Waals surface area contributed by atoms with E-state index < -0.39 is 0 Å². The molecule has 0 aromatic heterocycles. The van der Waals surface area contributed by atoms with Gasteiger partial charge in [-0.15, -0.1) is 0 Å². The summed E-state index contributed by atoms with van der Waals surface area (Å²) in [4.78, 5) is 2.48. The first-order valence-electron chi connectivity index (χ1n) is 8.84. The predicted molar refractivity (Wildman–Crippen MR) is 104 cm³/mol. The van der Waals surface area contributed by atoms with Crippen molar-refractivity contribution in [2.45, 2.75) is 25.8 Å². The highest BCUT2D eigenvalue weighted by Gasteiger charge is 2.28. The van der Waals surface area contributed by atoms with E-state index in [0.717, 1.165) is 18.6 Å². The van der Waals surface area contributed by atoms with Gasteiger partial charge in [0.2, 0.25) is 0 Å². The Bertz CT molecular complexity index is 852. The number of fused-ring (bicyclic) bond motifs is 1. The minimum Gasteiger partial charge on any atom is -0.497 e. The highest BCUT2D eigenvalue weighted by Crippen LogP contribution is 2.43. The second-order valence-corrected chi connectivity index (χ2v) is 6.66. The maximum Gasteiger partial charge on any atom is 0.119 e. The average Bonchev–Trinajstić information content (AvgIpc) is 2.68. The maximum atomic E-state index is 5.33. The molecule has 0 fully saturated rings. The number of ether oxygens (including phenoxy) is 1. The third-order valence-electron chi connectivity index (χ3n) is 5.06. The number of benzene rings is 3. The normalized spacial score (nSPS) is 16.4. The summed E-state index contributed by atoms with van der Waals surface area (Å²) in [6.07, 6.45) is 2.23. The van der Waals surface area contributed by atoms with Gasteiger partial charge >= 0.3 is 0 Å². The van der Waals surface area contributed by atoms with E-state index in [0.29, 0.717) is 6.04 Å². The van der Waals surface area contributed by atoms with Gasteiger partial charge in [-0.05, 0) is 61.2 Å². The van der Waals surface area contributed by atoms with Crippen LogP contribution in [0, 0.1) is 6.92 Å². The Balaban J connectivity index is 1.81. The minimum atomic E-state index is 0.351. The number of nitrogens with zero attached hydrogens (tertiary/aromatic N) is 1. The first kappa shape index (κ1) is 15.8. The van der Waals surface area contributed by atoms with E-state index >= 15 is 0 Å². The monoisotopic (exact) mass is 329 g/mol. The van der Waals surface area contributed by atoms with Crippen molar-refractivity contribution >= 4 is 11.4 Å². The summed E-state index contributed by atoms with van der Waals surface area (Å²) < 4.78 is 5.33. The van der Waals surface area contributed by atoms with Crippen LogP contribution >= 0.6 is 0 Å². The van der Waals surface area contributed by atoms with Gasteiger partial charge in [0.05, 0.1) is 13.2 Å². The molecule has 25 heavy (non-hydrogen) atoms. The lowest BCUT2D eigenvalue weighted by Crippen LogP contribution is -2.29. The Labute approximate surface area is 149 Å². The van der Waals surface area contributed by atoms with Crippen molar-refractivity contribution in [2.75, 3.05) is 12.0 Å². The average molecular weight is 329 g/mol. The fourth-order valence-electron chi connectivity index (χ4n) is 3.71.